The molecule has 20 heavy (non-hydrogen) atoms. The number of carbonyl (C=O) groups is 2. The van der Waals surface area contributed by atoms with Gasteiger partial charge in [-0.15, -0.1) is 0 Å². The number of ether oxygens (including phenoxy) is 1. The topological polar surface area (TPSA) is 67.2 Å². The van der Waals surface area contributed by atoms with E-state index in [4.69, 9.17) is 5.26 Å². The Hall–Kier alpha value is -2.36. The van der Waals surface area contributed by atoms with Crippen LogP contribution in [0.2, 0.25) is 0 Å². The van der Waals surface area contributed by atoms with Gasteiger partial charge in [0.25, 0.3) is 0 Å². The fraction of sp³-hybridized carbons (Fsp3) is 0.308. The van der Waals surface area contributed by atoms with Crippen molar-refractivity contribution in [1.29, 1.82) is 5.26 Å². The summed E-state index contributed by atoms with van der Waals surface area (Å²) in [5.74, 6) is -0.764. The Morgan fingerprint density at radius 1 is 1.45 bits per heavy atom. The molecule has 0 saturated heterocycles. The summed E-state index contributed by atoms with van der Waals surface area (Å²) in [5.41, 5.74) is -2.33. The summed E-state index contributed by atoms with van der Waals surface area (Å²) in [4.78, 5) is 22.0. The van der Waals surface area contributed by atoms with Gasteiger partial charge >= 0.3 is 12.1 Å². The second-order valence-corrected chi connectivity index (χ2v) is 3.81. The Balaban J connectivity index is 3.39. The molecule has 1 rings (SSSR count). The predicted octanol–water partition coefficient (Wildman–Crippen LogP) is 2.50. The summed E-state index contributed by atoms with van der Waals surface area (Å²) in [6, 6.07) is 3.09. The quantitative estimate of drug-likeness (QED) is 0.629. The summed E-state index contributed by atoms with van der Waals surface area (Å²) >= 11 is 0. The van der Waals surface area contributed by atoms with Gasteiger partial charge in [-0.25, -0.2) is 0 Å². The van der Waals surface area contributed by atoms with Crippen molar-refractivity contribution in [2.75, 3.05) is 6.61 Å². The largest absolute Gasteiger partial charge is 0.466 e. The highest BCUT2D eigenvalue weighted by molar-refractivity contribution is 5.79. The van der Waals surface area contributed by atoms with Gasteiger partial charge in [0.2, 0.25) is 0 Å². The number of hydrogen-bond donors (Lipinski definition) is 0. The molecule has 0 aliphatic carbocycles. The Kier molecular flexibility index (Phi) is 4.86. The molecule has 7 heteroatoms. The van der Waals surface area contributed by atoms with Crippen LogP contribution in [-0.4, -0.2) is 18.9 Å². The van der Waals surface area contributed by atoms with Crippen molar-refractivity contribution in [3.8, 4) is 6.07 Å². The van der Waals surface area contributed by atoms with Crippen molar-refractivity contribution in [3.63, 3.8) is 0 Å². The number of hydrogen-bond acceptors (Lipinski definition) is 4. The molecular weight excluding hydrogens is 275 g/mol. The van der Waals surface area contributed by atoms with Crippen molar-refractivity contribution < 1.29 is 27.5 Å². The number of nitriles is 1. The molecule has 4 nitrogen and oxygen atoms in total. The molecule has 0 fully saturated rings. The van der Waals surface area contributed by atoms with Crippen molar-refractivity contribution in [2.45, 2.75) is 19.5 Å². The Labute approximate surface area is 112 Å². The second kappa shape index (κ2) is 6.19. The average Bonchev–Trinajstić information content (AvgIpc) is 2.36. The molecule has 0 amide bonds. The highest BCUT2D eigenvalue weighted by Gasteiger charge is 2.35. The summed E-state index contributed by atoms with van der Waals surface area (Å²) in [6.45, 7) is 1.62. The third kappa shape index (κ3) is 3.57. The lowest BCUT2D eigenvalue weighted by atomic mass is 9.96. The van der Waals surface area contributed by atoms with E-state index in [1.54, 1.807) is 6.92 Å². The molecule has 0 radical (unpaired) electrons. The summed E-state index contributed by atoms with van der Waals surface area (Å²) < 4.78 is 43.1. The lowest BCUT2D eigenvalue weighted by Gasteiger charge is -2.13. The first-order valence-corrected chi connectivity index (χ1v) is 5.58. The van der Waals surface area contributed by atoms with Crippen molar-refractivity contribution in [3.05, 3.63) is 34.4 Å². The number of aldehydes is 1. The van der Waals surface area contributed by atoms with Crippen LogP contribution >= 0.6 is 0 Å². The number of nitrogens with zero attached hydrogens (tertiary/aromatic N) is 1. The zero-order valence-electron chi connectivity index (χ0n) is 10.5. The Morgan fingerprint density at radius 3 is 2.55 bits per heavy atom. The van der Waals surface area contributed by atoms with Crippen LogP contribution in [0.25, 0.3) is 0 Å². The second-order valence-electron chi connectivity index (χ2n) is 3.81. The fourth-order valence-corrected chi connectivity index (χ4v) is 1.66. The summed E-state index contributed by atoms with van der Waals surface area (Å²) in [5, 5.41) is 8.88. The van der Waals surface area contributed by atoms with E-state index in [2.05, 4.69) is 4.74 Å². The monoisotopic (exact) mass is 285 g/mol. The Morgan fingerprint density at radius 2 is 2.10 bits per heavy atom. The van der Waals surface area contributed by atoms with Gasteiger partial charge in [0, 0.05) is 5.56 Å². The maximum absolute atomic E-state index is 12.8. The maximum atomic E-state index is 12.8. The van der Waals surface area contributed by atoms with Gasteiger partial charge in [0.15, 0.2) is 0 Å². The highest BCUT2D eigenvalue weighted by Crippen LogP contribution is 2.34. The summed E-state index contributed by atoms with van der Waals surface area (Å²) in [6.07, 6.45) is -5.06. The first-order valence-electron chi connectivity index (χ1n) is 5.58. The van der Waals surface area contributed by atoms with E-state index in [0.717, 1.165) is 6.07 Å². The molecule has 0 saturated carbocycles. The van der Waals surface area contributed by atoms with Crippen LogP contribution < -0.4 is 0 Å². The highest BCUT2D eigenvalue weighted by atomic mass is 19.4. The number of carbonyl (C=O) groups excluding carboxylic acids is 2. The first-order chi connectivity index (χ1) is 9.33. The standard InChI is InChI=1S/C13H10F3NO3/c1-2-20-12(19)5-9-3-8(7-18)4-11(10(9)6-17)13(14,15)16/h3-4,7H,2,5H2,1H3. The predicted molar refractivity (Wildman–Crippen MR) is 61.9 cm³/mol. The maximum Gasteiger partial charge on any atom is 0.417 e. The molecule has 0 bridgehead atoms. The lowest BCUT2D eigenvalue weighted by molar-refractivity contribution is -0.142. The molecule has 106 valence electrons. The van der Waals surface area contributed by atoms with Gasteiger partial charge in [-0.3, -0.25) is 9.59 Å². The van der Waals surface area contributed by atoms with E-state index in [1.165, 1.54) is 6.07 Å². The van der Waals surface area contributed by atoms with Gasteiger partial charge in [0.1, 0.15) is 12.4 Å². The molecule has 0 atom stereocenters. The van der Waals surface area contributed by atoms with Crippen LogP contribution in [0.3, 0.4) is 0 Å². The molecule has 0 unspecified atom stereocenters. The van der Waals surface area contributed by atoms with Crippen molar-refractivity contribution in [2.24, 2.45) is 0 Å². The number of alkyl halides is 3. The minimum atomic E-state index is -4.78. The van der Waals surface area contributed by atoms with E-state index < -0.39 is 29.7 Å². The first kappa shape index (κ1) is 15.7. The van der Waals surface area contributed by atoms with E-state index in [0.29, 0.717) is 6.07 Å². The molecule has 0 heterocycles. The molecule has 0 aliphatic heterocycles. The molecule has 0 aromatic heterocycles. The van der Waals surface area contributed by atoms with Gasteiger partial charge in [0.05, 0.1) is 24.2 Å². The van der Waals surface area contributed by atoms with Crippen LogP contribution in [-0.2, 0) is 22.1 Å². The van der Waals surface area contributed by atoms with E-state index in [-0.39, 0.29) is 24.0 Å². The molecule has 1 aromatic rings. The third-order valence-electron chi connectivity index (χ3n) is 2.44. The van der Waals surface area contributed by atoms with Crippen molar-refractivity contribution >= 4 is 12.3 Å². The van der Waals surface area contributed by atoms with E-state index >= 15 is 0 Å². The molecule has 0 aliphatic rings. The van der Waals surface area contributed by atoms with Crippen LogP contribution in [0, 0.1) is 11.3 Å². The number of rotatable bonds is 4. The molecule has 1 aromatic carbocycles. The van der Waals surface area contributed by atoms with Gasteiger partial charge < -0.3 is 4.74 Å². The molecule has 0 N–H and O–H groups in total. The van der Waals surface area contributed by atoms with Gasteiger partial charge in [-0.2, -0.15) is 18.4 Å². The minimum absolute atomic E-state index is 0.0697. The van der Waals surface area contributed by atoms with Gasteiger partial charge in [-0.05, 0) is 24.6 Å². The van der Waals surface area contributed by atoms with Crippen LogP contribution in [0.1, 0.15) is 34.0 Å². The van der Waals surface area contributed by atoms with E-state index in [9.17, 15) is 22.8 Å². The zero-order chi connectivity index (χ0) is 15.3. The minimum Gasteiger partial charge on any atom is -0.466 e. The van der Waals surface area contributed by atoms with Crippen LogP contribution in [0.15, 0.2) is 12.1 Å². The average molecular weight is 285 g/mol. The summed E-state index contributed by atoms with van der Waals surface area (Å²) in [7, 11) is 0. The zero-order valence-corrected chi connectivity index (χ0v) is 10.5. The van der Waals surface area contributed by atoms with Crippen molar-refractivity contribution in [1.82, 2.24) is 0 Å². The molecule has 0 spiro atoms. The lowest BCUT2D eigenvalue weighted by Crippen LogP contribution is -2.14. The third-order valence-corrected chi connectivity index (χ3v) is 2.44. The van der Waals surface area contributed by atoms with Gasteiger partial charge in [-0.1, -0.05) is 0 Å². The fourth-order valence-electron chi connectivity index (χ4n) is 1.66. The van der Waals surface area contributed by atoms with Crippen LogP contribution in [0.5, 0.6) is 0 Å². The van der Waals surface area contributed by atoms with E-state index in [1.807, 2.05) is 0 Å². The number of halogens is 3. The number of esters is 1. The van der Waals surface area contributed by atoms with Crippen LogP contribution in [0.4, 0.5) is 13.2 Å². The Bertz CT molecular complexity index is 573. The smallest absolute Gasteiger partial charge is 0.417 e. The normalized spacial score (nSPS) is 10.8. The number of benzene rings is 1. The SMILES string of the molecule is CCOC(=O)Cc1cc(C=O)cc(C(F)(F)F)c1C#N. The molecular formula is C13H10F3NO3.